The highest BCUT2D eigenvalue weighted by Crippen LogP contribution is 2.62. The SMILES string of the molecule is CC(=O)OCCCCOc1c(C#Cc2ccc(C(=O)O)cc2)cccc1C12CC3CC(CC(C3)C1)C2. The number of carboxylic acids is 1. The summed E-state index contributed by atoms with van der Waals surface area (Å²) in [5, 5.41) is 9.15. The molecule has 5 heteroatoms. The van der Waals surface area contributed by atoms with E-state index in [4.69, 9.17) is 14.6 Å². The summed E-state index contributed by atoms with van der Waals surface area (Å²) >= 11 is 0. The molecule has 2 aromatic rings. The van der Waals surface area contributed by atoms with Gasteiger partial charge in [0.15, 0.2) is 0 Å². The Hall–Kier alpha value is -3.26. The van der Waals surface area contributed by atoms with Crippen LogP contribution in [0, 0.1) is 29.6 Å². The molecule has 0 heterocycles. The van der Waals surface area contributed by atoms with Gasteiger partial charge in [-0.1, -0.05) is 24.0 Å². The quantitative estimate of drug-likeness (QED) is 0.283. The van der Waals surface area contributed by atoms with Gasteiger partial charge in [0.25, 0.3) is 0 Å². The molecular weight excluding hydrogens is 452 g/mol. The van der Waals surface area contributed by atoms with Crippen molar-refractivity contribution in [2.45, 2.75) is 63.7 Å². The molecule has 0 amide bonds. The molecule has 0 radical (unpaired) electrons. The van der Waals surface area contributed by atoms with Gasteiger partial charge in [-0.25, -0.2) is 4.79 Å². The predicted molar refractivity (Wildman–Crippen MR) is 137 cm³/mol. The van der Waals surface area contributed by atoms with Crippen LogP contribution in [0.2, 0.25) is 0 Å². The van der Waals surface area contributed by atoms with Crippen molar-refractivity contribution in [3.05, 3.63) is 64.7 Å². The van der Waals surface area contributed by atoms with Crippen LogP contribution in [0.3, 0.4) is 0 Å². The van der Waals surface area contributed by atoms with E-state index in [1.165, 1.54) is 51.0 Å². The molecular formula is C31H34O5. The van der Waals surface area contributed by atoms with Crippen LogP contribution in [0.4, 0.5) is 0 Å². The minimum absolute atomic E-state index is 0.183. The van der Waals surface area contributed by atoms with E-state index in [0.29, 0.717) is 13.2 Å². The number of carboxylic acid groups (broad SMARTS) is 1. The molecule has 0 spiro atoms. The van der Waals surface area contributed by atoms with Crippen LogP contribution in [0.1, 0.15) is 85.3 Å². The number of para-hydroxylation sites is 1. The smallest absolute Gasteiger partial charge is 0.335 e. The molecule has 2 aromatic carbocycles. The van der Waals surface area contributed by atoms with Gasteiger partial charge in [0.2, 0.25) is 0 Å². The zero-order valence-corrected chi connectivity index (χ0v) is 20.9. The highest BCUT2D eigenvalue weighted by Gasteiger charge is 2.52. The van der Waals surface area contributed by atoms with Crippen molar-refractivity contribution < 1.29 is 24.2 Å². The Morgan fingerprint density at radius 2 is 1.56 bits per heavy atom. The molecule has 4 saturated carbocycles. The Balaban J connectivity index is 1.42. The number of hydrogen-bond donors (Lipinski definition) is 1. The molecule has 0 aromatic heterocycles. The standard InChI is InChI=1S/C31H34O5/c1-21(32)35-13-2-3-14-36-29-26(10-7-22-8-11-27(12-9-22)30(33)34)5-4-6-28(29)31-18-23-15-24(19-31)17-25(16-23)20-31/h4-6,8-9,11-12,23-25H,2-3,13-20H2,1H3,(H,33,34). The van der Waals surface area contributed by atoms with E-state index in [9.17, 15) is 9.59 Å². The second-order valence-corrected chi connectivity index (χ2v) is 10.9. The molecule has 6 rings (SSSR count). The maximum absolute atomic E-state index is 11.2. The van der Waals surface area contributed by atoms with E-state index < -0.39 is 5.97 Å². The van der Waals surface area contributed by atoms with E-state index in [2.05, 4.69) is 24.0 Å². The molecule has 36 heavy (non-hydrogen) atoms. The Morgan fingerprint density at radius 3 is 2.17 bits per heavy atom. The first-order chi connectivity index (χ1) is 17.4. The van der Waals surface area contributed by atoms with Crippen molar-refractivity contribution in [2.24, 2.45) is 17.8 Å². The van der Waals surface area contributed by atoms with Gasteiger partial charge in [-0.2, -0.15) is 0 Å². The Morgan fingerprint density at radius 1 is 0.917 bits per heavy atom. The second-order valence-electron chi connectivity index (χ2n) is 10.9. The fourth-order valence-corrected chi connectivity index (χ4v) is 7.08. The molecule has 4 aliphatic carbocycles. The lowest BCUT2D eigenvalue weighted by Gasteiger charge is -2.57. The number of ether oxygens (including phenoxy) is 2. The van der Waals surface area contributed by atoms with Gasteiger partial charge >= 0.3 is 11.9 Å². The fraction of sp³-hybridized carbons (Fsp3) is 0.484. The molecule has 4 bridgehead atoms. The van der Waals surface area contributed by atoms with Crippen LogP contribution < -0.4 is 4.74 Å². The number of aromatic carboxylic acids is 1. The Kier molecular flexibility index (Phi) is 7.05. The van der Waals surface area contributed by atoms with Crippen LogP contribution >= 0.6 is 0 Å². The first kappa shape index (κ1) is 24.4. The molecule has 188 valence electrons. The van der Waals surface area contributed by atoms with Crippen LogP contribution in [-0.4, -0.2) is 30.3 Å². The summed E-state index contributed by atoms with van der Waals surface area (Å²) in [5.41, 5.74) is 3.40. The van der Waals surface area contributed by atoms with E-state index >= 15 is 0 Å². The van der Waals surface area contributed by atoms with E-state index in [0.717, 1.165) is 47.5 Å². The van der Waals surface area contributed by atoms with E-state index in [-0.39, 0.29) is 16.9 Å². The van der Waals surface area contributed by atoms with Crippen molar-refractivity contribution >= 4 is 11.9 Å². The second kappa shape index (κ2) is 10.4. The highest BCUT2D eigenvalue weighted by atomic mass is 16.5. The zero-order chi connectivity index (χ0) is 25.1. The maximum Gasteiger partial charge on any atom is 0.335 e. The van der Waals surface area contributed by atoms with Crippen LogP contribution in [0.25, 0.3) is 0 Å². The predicted octanol–water partition coefficient (Wildman–Crippen LogP) is 5.97. The monoisotopic (exact) mass is 486 g/mol. The summed E-state index contributed by atoms with van der Waals surface area (Å²) in [6.45, 7) is 2.39. The van der Waals surface area contributed by atoms with Crippen molar-refractivity contribution in [1.29, 1.82) is 0 Å². The third kappa shape index (κ3) is 5.28. The number of unbranched alkanes of at least 4 members (excludes halogenated alkanes) is 1. The zero-order valence-electron chi connectivity index (χ0n) is 20.9. The van der Waals surface area contributed by atoms with E-state index in [1.54, 1.807) is 24.3 Å². The highest BCUT2D eigenvalue weighted by molar-refractivity contribution is 5.87. The third-order valence-electron chi connectivity index (χ3n) is 8.19. The van der Waals surface area contributed by atoms with Gasteiger partial charge in [-0.3, -0.25) is 4.79 Å². The molecule has 0 aliphatic heterocycles. The average molecular weight is 487 g/mol. The lowest BCUT2D eigenvalue weighted by molar-refractivity contribution is -0.141. The molecule has 0 saturated heterocycles. The van der Waals surface area contributed by atoms with Crippen molar-refractivity contribution in [3.63, 3.8) is 0 Å². The summed E-state index contributed by atoms with van der Waals surface area (Å²) < 4.78 is 11.5. The van der Waals surface area contributed by atoms with Gasteiger partial charge < -0.3 is 14.6 Å². The number of hydrogen-bond acceptors (Lipinski definition) is 4. The van der Waals surface area contributed by atoms with Gasteiger partial charge in [-0.15, -0.1) is 0 Å². The summed E-state index contributed by atoms with van der Waals surface area (Å²) in [6.07, 6.45) is 9.45. The number of carbonyl (C=O) groups excluding carboxylic acids is 1. The average Bonchev–Trinajstić information content (AvgIpc) is 2.84. The third-order valence-corrected chi connectivity index (χ3v) is 8.19. The lowest BCUT2D eigenvalue weighted by Crippen LogP contribution is -2.48. The number of benzene rings is 2. The van der Waals surface area contributed by atoms with Crippen LogP contribution in [0.15, 0.2) is 42.5 Å². The number of carbonyl (C=O) groups is 2. The molecule has 5 nitrogen and oxygen atoms in total. The Bertz CT molecular complexity index is 1150. The van der Waals surface area contributed by atoms with Gasteiger partial charge in [0.05, 0.1) is 24.3 Å². The minimum Gasteiger partial charge on any atom is -0.492 e. The topological polar surface area (TPSA) is 72.8 Å². The number of esters is 1. The molecule has 0 unspecified atom stereocenters. The summed E-state index contributed by atoms with van der Waals surface area (Å²) in [4.78, 5) is 22.2. The van der Waals surface area contributed by atoms with Crippen LogP contribution in [-0.2, 0) is 14.9 Å². The molecule has 0 atom stereocenters. The summed E-state index contributed by atoms with van der Waals surface area (Å²) in [6, 6.07) is 13.0. The first-order valence-corrected chi connectivity index (χ1v) is 13.2. The van der Waals surface area contributed by atoms with E-state index in [1.807, 2.05) is 6.07 Å². The van der Waals surface area contributed by atoms with Crippen molar-refractivity contribution in [2.75, 3.05) is 13.2 Å². The molecule has 4 aliphatic rings. The molecule has 4 fully saturated rings. The molecule has 1 N–H and O–H groups in total. The Labute approximate surface area is 213 Å². The minimum atomic E-state index is -0.942. The van der Waals surface area contributed by atoms with Crippen molar-refractivity contribution in [1.82, 2.24) is 0 Å². The largest absolute Gasteiger partial charge is 0.492 e. The maximum atomic E-state index is 11.2. The summed E-state index contributed by atoms with van der Waals surface area (Å²) in [5.74, 6) is 8.73. The lowest BCUT2D eigenvalue weighted by atomic mass is 9.48. The van der Waals surface area contributed by atoms with Crippen LogP contribution in [0.5, 0.6) is 5.75 Å². The first-order valence-electron chi connectivity index (χ1n) is 13.2. The van der Waals surface area contributed by atoms with Gasteiger partial charge in [0, 0.05) is 18.1 Å². The fourth-order valence-electron chi connectivity index (χ4n) is 7.08. The summed E-state index contributed by atoms with van der Waals surface area (Å²) in [7, 11) is 0. The van der Waals surface area contributed by atoms with Gasteiger partial charge in [-0.05, 0) is 105 Å². The van der Waals surface area contributed by atoms with Crippen molar-refractivity contribution in [3.8, 4) is 17.6 Å². The number of rotatable bonds is 8. The van der Waals surface area contributed by atoms with Gasteiger partial charge in [0.1, 0.15) is 5.75 Å². The normalized spacial score (nSPS) is 25.6.